The molecule has 0 aliphatic carbocycles. The average molecular weight is 397 g/mol. The highest BCUT2D eigenvalue weighted by Crippen LogP contribution is 2.29. The summed E-state index contributed by atoms with van der Waals surface area (Å²) in [4.78, 5) is 32.1. The molecule has 28 heavy (non-hydrogen) atoms. The number of para-hydroxylation sites is 1. The maximum Gasteiger partial charge on any atom is 0.293 e. The first-order valence-electron chi connectivity index (χ1n) is 8.94. The lowest BCUT2D eigenvalue weighted by atomic mass is 10.1. The SMILES string of the molecule is CC(Oc1ccccc1)C(=O)N1CCc2nc(NC(=O)c3ccco3)sc2C1. The third kappa shape index (κ3) is 3.91. The fourth-order valence-corrected chi connectivity index (χ4v) is 4.03. The first kappa shape index (κ1) is 18.2. The highest BCUT2D eigenvalue weighted by molar-refractivity contribution is 7.15. The van der Waals surface area contributed by atoms with Crippen LogP contribution in [0.15, 0.2) is 53.1 Å². The van der Waals surface area contributed by atoms with Crippen molar-refractivity contribution in [2.24, 2.45) is 0 Å². The van der Waals surface area contributed by atoms with Crippen LogP contribution in [0.5, 0.6) is 5.75 Å². The van der Waals surface area contributed by atoms with Crippen LogP contribution in [0.4, 0.5) is 5.13 Å². The van der Waals surface area contributed by atoms with Crippen molar-refractivity contribution in [3.63, 3.8) is 0 Å². The Kier molecular flexibility index (Phi) is 5.12. The molecule has 1 N–H and O–H groups in total. The number of ether oxygens (including phenoxy) is 1. The van der Waals surface area contributed by atoms with E-state index in [-0.39, 0.29) is 17.6 Å². The summed E-state index contributed by atoms with van der Waals surface area (Å²) in [5.74, 6) is 0.497. The maximum atomic E-state index is 12.8. The summed E-state index contributed by atoms with van der Waals surface area (Å²) in [5, 5.41) is 3.26. The molecule has 2 amide bonds. The van der Waals surface area contributed by atoms with Crippen LogP contribution in [0.1, 0.15) is 28.0 Å². The molecule has 3 aromatic rings. The van der Waals surface area contributed by atoms with E-state index in [4.69, 9.17) is 9.15 Å². The number of hydrogen-bond donors (Lipinski definition) is 1. The van der Waals surface area contributed by atoms with Gasteiger partial charge in [-0.2, -0.15) is 0 Å². The van der Waals surface area contributed by atoms with Crippen molar-refractivity contribution in [3.8, 4) is 5.75 Å². The second kappa shape index (κ2) is 7.85. The third-order valence-electron chi connectivity index (χ3n) is 4.41. The molecular formula is C20H19N3O4S. The van der Waals surface area contributed by atoms with E-state index in [0.29, 0.717) is 30.4 Å². The zero-order valence-electron chi connectivity index (χ0n) is 15.3. The van der Waals surface area contributed by atoms with Gasteiger partial charge < -0.3 is 14.1 Å². The fourth-order valence-electron chi connectivity index (χ4n) is 3.01. The quantitative estimate of drug-likeness (QED) is 0.714. The van der Waals surface area contributed by atoms with Gasteiger partial charge in [-0.05, 0) is 31.2 Å². The fraction of sp³-hybridized carbons (Fsp3) is 0.250. The minimum Gasteiger partial charge on any atom is -0.481 e. The number of thiazole rings is 1. The number of aromatic nitrogens is 1. The van der Waals surface area contributed by atoms with Crippen LogP contribution in [-0.4, -0.2) is 34.3 Å². The topological polar surface area (TPSA) is 84.7 Å². The molecule has 0 bridgehead atoms. The third-order valence-corrected chi connectivity index (χ3v) is 5.41. The van der Waals surface area contributed by atoms with E-state index in [1.54, 1.807) is 24.0 Å². The number of nitrogens with one attached hydrogen (secondary N) is 1. The highest BCUT2D eigenvalue weighted by Gasteiger charge is 2.28. The summed E-state index contributed by atoms with van der Waals surface area (Å²) in [5.41, 5.74) is 0.917. The molecule has 8 heteroatoms. The van der Waals surface area contributed by atoms with Gasteiger partial charge in [0, 0.05) is 17.8 Å². The Balaban J connectivity index is 1.39. The predicted molar refractivity (Wildman–Crippen MR) is 104 cm³/mol. The molecule has 0 fully saturated rings. The molecule has 1 aliphatic rings. The van der Waals surface area contributed by atoms with Crippen LogP contribution in [0.3, 0.4) is 0 Å². The van der Waals surface area contributed by atoms with Crippen molar-refractivity contribution in [1.82, 2.24) is 9.88 Å². The average Bonchev–Trinajstić information content (AvgIpc) is 3.37. The lowest BCUT2D eigenvalue weighted by Crippen LogP contribution is -2.42. The Hall–Kier alpha value is -3.13. The van der Waals surface area contributed by atoms with Gasteiger partial charge in [0.1, 0.15) is 5.75 Å². The molecule has 0 saturated carbocycles. The van der Waals surface area contributed by atoms with Crippen molar-refractivity contribution in [2.45, 2.75) is 26.0 Å². The number of hydrogen-bond acceptors (Lipinski definition) is 6. The van der Waals surface area contributed by atoms with Crippen molar-refractivity contribution >= 4 is 28.3 Å². The number of rotatable bonds is 5. The van der Waals surface area contributed by atoms with Crippen molar-refractivity contribution in [1.29, 1.82) is 0 Å². The second-order valence-electron chi connectivity index (χ2n) is 6.40. The number of nitrogens with zero attached hydrogens (tertiary/aromatic N) is 2. The van der Waals surface area contributed by atoms with Gasteiger partial charge in [0.25, 0.3) is 11.8 Å². The van der Waals surface area contributed by atoms with Crippen molar-refractivity contribution in [3.05, 3.63) is 65.1 Å². The number of anilines is 1. The Bertz CT molecular complexity index is 969. The predicted octanol–water partition coefficient (Wildman–Crippen LogP) is 3.34. The van der Waals surface area contributed by atoms with Crippen LogP contribution in [0.2, 0.25) is 0 Å². The zero-order chi connectivity index (χ0) is 19.5. The maximum absolute atomic E-state index is 12.8. The van der Waals surface area contributed by atoms with Crippen LogP contribution in [-0.2, 0) is 17.8 Å². The van der Waals surface area contributed by atoms with Crippen LogP contribution < -0.4 is 10.1 Å². The van der Waals surface area contributed by atoms with Crippen LogP contribution in [0.25, 0.3) is 0 Å². The number of carbonyl (C=O) groups excluding carboxylic acids is 2. The molecule has 1 atom stereocenters. The van der Waals surface area contributed by atoms with Gasteiger partial charge in [0.15, 0.2) is 17.0 Å². The summed E-state index contributed by atoms with van der Waals surface area (Å²) in [7, 11) is 0. The van der Waals surface area contributed by atoms with E-state index >= 15 is 0 Å². The Morgan fingerprint density at radius 3 is 2.82 bits per heavy atom. The number of fused-ring (bicyclic) bond motifs is 1. The summed E-state index contributed by atoms with van der Waals surface area (Å²) in [6, 6.07) is 12.6. The first-order chi connectivity index (χ1) is 13.6. The van der Waals surface area contributed by atoms with Gasteiger partial charge in [-0.25, -0.2) is 4.98 Å². The van der Waals surface area contributed by atoms with Gasteiger partial charge >= 0.3 is 0 Å². The second-order valence-corrected chi connectivity index (χ2v) is 7.49. The minimum absolute atomic E-state index is 0.0657. The molecule has 2 aromatic heterocycles. The van der Waals surface area contributed by atoms with E-state index in [9.17, 15) is 9.59 Å². The van der Waals surface area contributed by atoms with Gasteiger partial charge in [0.2, 0.25) is 0 Å². The normalized spacial score (nSPS) is 14.2. The molecule has 3 heterocycles. The smallest absolute Gasteiger partial charge is 0.293 e. The standard InChI is InChI=1S/C20H19N3O4S/c1-13(27-14-6-3-2-4-7-14)19(25)23-10-9-15-17(12-23)28-20(21-15)22-18(24)16-8-5-11-26-16/h2-8,11,13H,9-10,12H2,1H3,(H,21,22,24). The van der Waals surface area contributed by atoms with Gasteiger partial charge in [-0.3, -0.25) is 14.9 Å². The van der Waals surface area contributed by atoms with E-state index in [1.165, 1.54) is 17.6 Å². The van der Waals surface area contributed by atoms with Crippen molar-refractivity contribution in [2.75, 3.05) is 11.9 Å². The lowest BCUT2D eigenvalue weighted by molar-refractivity contribution is -0.138. The highest BCUT2D eigenvalue weighted by atomic mass is 32.1. The Morgan fingerprint density at radius 1 is 1.25 bits per heavy atom. The lowest BCUT2D eigenvalue weighted by Gasteiger charge is -2.28. The minimum atomic E-state index is -0.574. The van der Waals surface area contributed by atoms with Crippen LogP contribution in [0, 0.1) is 0 Å². The molecule has 4 rings (SSSR count). The molecule has 0 radical (unpaired) electrons. The Morgan fingerprint density at radius 2 is 2.07 bits per heavy atom. The summed E-state index contributed by atoms with van der Waals surface area (Å²) in [6.45, 7) is 2.79. The molecule has 1 aliphatic heterocycles. The van der Waals surface area contributed by atoms with Gasteiger partial charge in [-0.15, -0.1) is 0 Å². The molecule has 144 valence electrons. The first-order valence-corrected chi connectivity index (χ1v) is 9.76. The van der Waals surface area contributed by atoms with E-state index < -0.39 is 6.10 Å². The van der Waals surface area contributed by atoms with E-state index in [2.05, 4.69) is 10.3 Å². The largest absolute Gasteiger partial charge is 0.481 e. The molecule has 0 spiro atoms. The number of amides is 2. The van der Waals surface area contributed by atoms with Gasteiger partial charge in [-0.1, -0.05) is 29.5 Å². The number of carbonyl (C=O) groups is 2. The zero-order valence-corrected chi connectivity index (χ0v) is 16.1. The molecule has 0 saturated heterocycles. The van der Waals surface area contributed by atoms with Gasteiger partial charge in [0.05, 0.1) is 18.5 Å². The summed E-state index contributed by atoms with van der Waals surface area (Å²) < 4.78 is 10.8. The number of benzene rings is 1. The molecule has 7 nitrogen and oxygen atoms in total. The van der Waals surface area contributed by atoms with Crippen molar-refractivity contribution < 1.29 is 18.7 Å². The number of furan rings is 1. The molecule has 1 unspecified atom stereocenters. The summed E-state index contributed by atoms with van der Waals surface area (Å²) in [6.07, 6.45) is 1.52. The Labute approximate surface area is 165 Å². The molecule has 1 aromatic carbocycles. The molecular weight excluding hydrogens is 378 g/mol. The van der Waals surface area contributed by atoms with E-state index in [1.807, 2.05) is 30.3 Å². The monoisotopic (exact) mass is 397 g/mol. The van der Waals surface area contributed by atoms with Crippen LogP contribution >= 0.6 is 11.3 Å². The van der Waals surface area contributed by atoms with E-state index in [0.717, 1.165) is 10.6 Å². The summed E-state index contributed by atoms with van der Waals surface area (Å²) >= 11 is 1.38.